The number of aromatic nitrogens is 4. The Bertz CT molecular complexity index is 969. The molecule has 0 aliphatic heterocycles. The number of methoxy groups -OCH3 is 1. The first-order valence-electron chi connectivity index (χ1n) is 8.55. The number of aryl methyl sites for hydroxylation is 1. The Morgan fingerprint density at radius 1 is 1.32 bits per heavy atom. The number of fused-ring (bicyclic) bond motifs is 1. The molecule has 4 rings (SSSR count). The van der Waals surface area contributed by atoms with Crippen LogP contribution in [0.5, 0.6) is 5.75 Å². The van der Waals surface area contributed by atoms with Gasteiger partial charge in [0.1, 0.15) is 11.1 Å². The molecule has 2 heterocycles. The number of benzene rings is 1. The Morgan fingerprint density at radius 3 is 2.84 bits per heavy atom. The highest BCUT2D eigenvalue weighted by atomic mass is 16.5. The lowest BCUT2D eigenvalue weighted by Gasteiger charge is -2.12. The van der Waals surface area contributed by atoms with E-state index in [1.54, 1.807) is 13.3 Å². The van der Waals surface area contributed by atoms with Crippen molar-refractivity contribution in [3.63, 3.8) is 0 Å². The number of nitrogens with zero attached hydrogens (tertiary/aromatic N) is 3. The molecule has 0 radical (unpaired) electrons. The maximum Gasteiger partial charge on any atom is 0.263 e. The Balaban J connectivity index is 1.72. The molecule has 1 fully saturated rings. The molecule has 0 unspecified atom stereocenters. The summed E-state index contributed by atoms with van der Waals surface area (Å²) in [6.07, 6.45) is 6.19. The summed E-state index contributed by atoms with van der Waals surface area (Å²) < 4.78 is 7.13. The summed E-state index contributed by atoms with van der Waals surface area (Å²) in [5.41, 5.74) is 2.34. The number of nitrogens with one attached hydrogen (secondary N) is 2. The zero-order chi connectivity index (χ0) is 17.4. The third-order valence-electron chi connectivity index (χ3n) is 4.82. The predicted octanol–water partition coefficient (Wildman–Crippen LogP) is 3.30. The Morgan fingerprint density at radius 2 is 2.12 bits per heavy atom. The van der Waals surface area contributed by atoms with Gasteiger partial charge >= 0.3 is 0 Å². The predicted molar refractivity (Wildman–Crippen MR) is 96.7 cm³/mol. The summed E-state index contributed by atoms with van der Waals surface area (Å²) >= 11 is 0. The van der Waals surface area contributed by atoms with Gasteiger partial charge in [0.2, 0.25) is 5.95 Å². The fourth-order valence-corrected chi connectivity index (χ4v) is 3.44. The topological polar surface area (TPSA) is 84.8 Å². The largest absolute Gasteiger partial charge is 0.497 e. The van der Waals surface area contributed by atoms with Gasteiger partial charge in [-0.1, -0.05) is 12.8 Å². The molecule has 2 aromatic heterocycles. The van der Waals surface area contributed by atoms with Crippen molar-refractivity contribution >= 4 is 22.7 Å². The monoisotopic (exact) mass is 339 g/mol. The zero-order valence-corrected chi connectivity index (χ0v) is 14.4. The van der Waals surface area contributed by atoms with Crippen LogP contribution in [0.15, 0.2) is 29.2 Å². The highest BCUT2D eigenvalue weighted by molar-refractivity contribution is 5.75. The number of aromatic amines is 1. The van der Waals surface area contributed by atoms with Crippen LogP contribution in [-0.4, -0.2) is 26.9 Å². The first-order chi connectivity index (χ1) is 12.2. The second kappa shape index (κ2) is 6.23. The number of hydrogen-bond donors (Lipinski definition) is 2. The minimum Gasteiger partial charge on any atom is -0.497 e. The van der Waals surface area contributed by atoms with Gasteiger partial charge in [0.05, 0.1) is 19.3 Å². The molecule has 7 nitrogen and oxygen atoms in total. The highest BCUT2D eigenvalue weighted by Gasteiger charge is 2.21. The summed E-state index contributed by atoms with van der Waals surface area (Å²) in [6.45, 7) is 1.98. The van der Waals surface area contributed by atoms with E-state index in [1.165, 1.54) is 12.8 Å². The van der Waals surface area contributed by atoms with Crippen LogP contribution in [0.3, 0.4) is 0 Å². The fraction of sp³-hybridized carbons (Fsp3) is 0.389. The van der Waals surface area contributed by atoms with Crippen LogP contribution in [0.4, 0.5) is 11.6 Å². The smallest absolute Gasteiger partial charge is 0.263 e. The van der Waals surface area contributed by atoms with Gasteiger partial charge < -0.3 is 10.1 Å². The number of hydrogen-bond acceptors (Lipinski definition) is 5. The number of ether oxygens (including phenoxy) is 1. The van der Waals surface area contributed by atoms with Gasteiger partial charge in [-0.25, -0.2) is 4.68 Å². The summed E-state index contributed by atoms with van der Waals surface area (Å²) in [7, 11) is 1.64. The highest BCUT2D eigenvalue weighted by Crippen LogP contribution is 2.31. The third kappa shape index (κ3) is 2.86. The molecule has 2 N–H and O–H groups in total. The van der Waals surface area contributed by atoms with Crippen LogP contribution in [-0.2, 0) is 0 Å². The average molecular weight is 339 g/mol. The molecule has 130 valence electrons. The average Bonchev–Trinajstić information content (AvgIpc) is 3.25. The summed E-state index contributed by atoms with van der Waals surface area (Å²) in [5, 5.41) is 8.15. The lowest BCUT2D eigenvalue weighted by molar-refractivity contribution is 0.414. The summed E-state index contributed by atoms with van der Waals surface area (Å²) in [6, 6.07) is 6.05. The number of rotatable bonds is 4. The zero-order valence-electron chi connectivity index (χ0n) is 14.4. The van der Waals surface area contributed by atoms with Crippen molar-refractivity contribution in [2.75, 3.05) is 12.4 Å². The van der Waals surface area contributed by atoms with E-state index in [0.29, 0.717) is 23.0 Å². The van der Waals surface area contributed by atoms with Gasteiger partial charge in [-0.05, 0) is 43.5 Å². The van der Waals surface area contributed by atoms with Crippen LogP contribution in [0, 0.1) is 6.92 Å². The normalized spacial score (nSPS) is 15.0. The van der Waals surface area contributed by atoms with Crippen molar-refractivity contribution in [2.45, 2.75) is 38.6 Å². The maximum absolute atomic E-state index is 12.4. The van der Waals surface area contributed by atoms with E-state index in [2.05, 4.69) is 20.4 Å². The first-order valence-corrected chi connectivity index (χ1v) is 8.55. The third-order valence-corrected chi connectivity index (χ3v) is 4.82. The summed E-state index contributed by atoms with van der Waals surface area (Å²) in [5.74, 6) is 1.21. The quantitative estimate of drug-likeness (QED) is 0.762. The fourth-order valence-electron chi connectivity index (χ4n) is 3.44. The van der Waals surface area contributed by atoms with Crippen LogP contribution < -0.4 is 15.6 Å². The SMILES string of the molecule is COc1ccc(Nc2nc3c(cnn3C3CCCC3)c(=O)[nH]2)c(C)c1. The van der Waals surface area contributed by atoms with Crippen molar-refractivity contribution in [1.29, 1.82) is 0 Å². The molecule has 0 saturated heterocycles. The summed E-state index contributed by atoms with van der Waals surface area (Å²) in [4.78, 5) is 19.8. The Labute approximate surface area is 145 Å². The molecule has 3 aromatic rings. The molecule has 1 saturated carbocycles. The molecule has 1 aliphatic rings. The van der Waals surface area contributed by atoms with Crippen molar-refractivity contribution in [2.24, 2.45) is 0 Å². The van der Waals surface area contributed by atoms with Gasteiger partial charge in [0.25, 0.3) is 5.56 Å². The van der Waals surface area contributed by atoms with Crippen molar-refractivity contribution in [3.05, 3.63) is 40.3 Å². The van der Waals surface area contributed by atoms with Crippen LogP contribution in [0.1, 0.15) is 37.3 Å². The van der Waals surface area contributed by atoms with E-state index in [4.69, 9.17) is 4.74 Å². The van der Waals surface area contributed by atoms with Crippen molar-refractivity contribution in [3.8, 4) is 5.75 Å². The van der Waals surface area contributed by atoms with Crippen molar-refractivity contribution < 1.29 is 4.74 Å². The van der Waals surface area contributed by atoms with Crippen LogP contribution in [0.2, 0.25) is 0 Å². The molecular weight excluding hydrogens is 318 g/mol. The van der Waals surface area contributed by atoms with Gasteiger partial charge in [-0.2, -0.15) is 10.1 Å². The molecule has 0 bridgehead atoms. The van der Waals surface area contributed by atoms with E-state index in [1.807, 2.05) is 29.8 Å². The van der Waals surface area contributed by atoms with Gasteiger partial charge in [0, 0.05) is 5.69 Å². The maximum atomic E-state index is 12.4. The molecule has 1 aliphatic carbocycles. The van der Waals surface area contributed by atoms with E-state index < -0.39 is 0 Å². The lowest BCUT2D eigenvalue weighted by Crippen LogP contribution is -2.13. The second-order valence-electron chi connectivity index (χ2n) is 6.49. The first kappa shape index (κ1) is 15.7. The van der Waals surface area contributed by atoms with Gasteiger partial charge in [-0.3, -0.25) is 9.78 Å². The van der Waals surface area contributed by atoms with E-state index in [-0.39, 0.29) is 5.56 Å². The van der Waals surface area contributed by atoms with Crippen LogP contribution >= 0.6 is 0 Å². The molecule has 7 heteroatoms. The molecule has 0 atom stereocenters. The molecule has 0 spiro atoms. The molecule has 25 heavy (non-hydrogen) atoms. The Hall–Kier alpha value is -2.83. The molecule has 1 aromatic carbocycles. The van der Waals surface area contributed by atoms with Crippen molar-refractivity contribution in [1.82, 2.24) is 19.7 Å². The number of H-pyrrole nitrogens is 1. The van der Waals surface area contributed by atoms with E-state index in [9.17, 15) is 4.79 Å². The molecule has 0 amide bonds. The van der Waals surface area contributed by atoms with Crippen LogP contribution in [0.25, 0.3) is 11.0 Å². The van der Waals surface area contributed by atoms with E-state index in [0.717, 1.165) is 29.8 Å². The number of anilines is 2. The minimum atomic E-state index is -0.178. The minimum absolute atomic E-state index is 0.178. The van der Waals surface area contributed by atoms with Gasteiger partial charge in [-0.15, -0.1) is 0 Å². The standard InChI is InChI=1S/C18H21N5O2/c1-11-9-13(25-2)7-8-15(11)20-18-21-16-14(17(24)22-18)10-19-23(16)12-5-3-4-6-12/h7-10,12H,3-6H2,1-2H3,(H2,20,21,22,24). The molecular formula is C18H21N5O2. The lowest BCUT2D eigenvalue weighted by atomic mass is 10.2. The Kier molecular flexibility index (Phi) is 3.91. The van der Waals surface area contributed by atoms with E-state index >= 15 is 0 Å². The van der Waals surface area contributed by atoms with Gasteiger partial charge in [0.15, 0.2) is 5.65 Å². The second-order valence-corrected chi connectivity index (χ2v) is 6.49.